The minimum atomic E-state index is -1.14. The number of thiol groups is 1. The maximum atomic E-state index is 12.7. The van der Waals surface area contributed by atoms with Gasteiger partial charge in [0.05, 0.1) is 6.54 Å². The van der Waals surface area contributed by atoms with Crippen molar-refractivity contribution in [3.8, 4) is 0 Å². The first-order chi connectivity index (χ1) is 13.2. The van der Waals surface area contributed by atoms with Gasteiger partial charge in [-0.05, 0) is 31.7 Å². The van der Waals surface area contributed by atoms with E-state index in [9.17, 15) is 24.3 Å². The van der Waals surface area contributed by atoms with Crippen LogP contribution in [0.2, 0.25) is 0 Å². The molecule has 0 aliphatic rings. The number of nitrogens with one attached hydrogen (secondary N) is 3. The second kappa shape index (κ2) is 14.2. The van der Waals surface area contributed by atoms with Gasteiger partial charge in [-0.25, -0.2) is 4.79 Å². The Balaban J connectivity index is 5.22. The fraction of sp³-hybridized carbons (Fsp3) is 0.765. The van der Waals surface area contributed by atoms with Crippen molar-refractivity contribution >= 4 is 36.3 Å². The summed E-state index contributed by atoms with van der Waals surface area (Å²) < 4.78 is 0. The Morgan fingerprint density at radius 1 is 1.00 bits per heavy atom. The zero-order valence-corrected chi connectivity index (χ0v) is 17.3. The van der Waals surface area contributed by atoms with Gasteiger partial charge in [0.15, 0.2) is 0 Å². The monoisotopic (exact) mass is 419 g/mol. The molecule has 0 heterocycles. The van der Waals surface area contributed by atoms with Gasteiger partial charge in [-0.2, -0.15) is 12.6 Å². The molecule has 4 unspecified atom stereocenters. The summed E-state index contributed by atoms with van der Waals surface area (Å²) in [5.74, 6) is -3.13. The molecule has 0 aliphatic carbocycles. The number of carboxylic acid groups (broad SMARTS) is 1. The lowest BCUT2D eigenvalue weighted by atomic mass is 9.98. The second-order valence-corrected chi connectivity index (χ2v) is 6.93. The smallest absolute Gasteiger partial charge is 0.326 e. The third-order valence-electron chi connectivity index (χ3n) is 4.38. The summed E-state index contributed by atoms with van der Waals surface area (Å²) in [5.41, 5.74) is 10.7. The van der Waals surface area contributed by atoms with Crippen LogP contribution in [0.5, 0.6) is 0 Å². The van der Waals surface area contributed by atoms with Crippen LogP contribution in [0.3, 0.4) is 0 Å². The van der Waals surface area contributed by atoms with Crippen LogP contribution >= 0.6 is 12.6 Å². The van der Waals surface area contributed by atoms with E-state index in [1.54, 1.807) is 6.92 Å². The number of carbonyl (C=O) groups is 4. The standard InChI is InChI=1S/C17H33N5O5S/c1-3-10(2)14(17(26)27)22-15(24)11(6-4-5-7-18)21-16(25)12(9-28)20-13(23)8-19/h10-12,14,28H,3-9,18-19H2,1-2H3,(H,20,23)(H,21,25)(H,22,24)(H,26,27). The Morgan fingerprint density at radius 2 is 1.61 bits per heavy atom. The minimum Gasteiger partial charge on any atom is -0.480 e. The summed E-state index contributed by atoms with van der Waals surface area (Å²) in [6, 6.07) is -2.99. The predicted octanol–water partition coefficient (Wildman–Crippen LogP) is -1.41. The van der Waals surface area contributed by atoms with E-state index in [0.29, 0.717) is 25.8 Å². The van der Waals surface area contributed by atoms with Gasteiger partial charge in [0.2, 0.25) is 17.7 Å². The molecule has 0 radical (unpaired) electrons. The van der Waals surface area contributed by atoms with Crippen molar-refractivity contribution in [2.45, 2.75) is 57.7 Å². The number of unbranched alkanes of at least 4 members (excludes halogenated alkanes) is 1. The van der Waals surface area contributed by atoms with Gasteiger partial charge in [0.25, 0.3) is 0 Å². The summed E-state index contributed by atoms with van der Waals surface area (Å²) in [4.78, 5) is 48.0. The van der Waals surface area contributed by atoms with Crippen LogP contribution in [0.25, 0.3) is 0 Å². The average molecular weight is 420 g/mol. The van der Waals surface area contributed by atoms with E-state index in [1.165, 1.54) is 0 Å². The van der Waals surface area contributed by atoms with E-state index >= 15 is 0 Å². The van der Waals surface area contributed by atoms with Gasteiger partial charge in [-0.3, -0.25) is 14.4 Å². The zero-order chi connectivity index (χ0) is 21.7. The first kappa shape index (κ1) is 26.1. The van der Waals surface area contributed by atoms with Gasteiger partial charge in [-0.1, -0.05) is 20.3 Å². The van der Waals surface area contributed by atoms with Gasteiger partial charge in [-0.15, -0.1) is 0 Å². The molecule has 11 heteroatoms. The number of nitrogens with two attached hydrogens (primary N) is 2. The highest BCUT2D eigenvalue weighted by atomic mass is 32.1. The van der Waals surface area contributed by atoms with Crippen LogP contribution in [0, 0.1) is 5.92 Å². The van der Waals surface area contributed by atoms with Crippen LogP contribution in [0.1, 0.15) is 39.5 Å². The topological polar surface area (TPSA) is 177 Å². The lowest BCUT2D eigenvalue weighted by molar-refractivity contribution is -0.143. The first-order valence-electron chi connectivity index (χ1n) is 9.35. The quantitative estimate of drug-likeness (QED) is 0.134. The molecule has 4 atom stereocenters. The largest absolute Gasteiger partial charge is 0.480 e. The van der Waals surface area contributed by atoms with E-state index in [2.05, 4.69) is 28.6 Å². The summed E-state index contributed by atoms with van der Waals surface area (Å²) >= 11 is 4.04. The number of carboxylic acids is 1. The number of carbonyl (C=O) groups excluding carboxylic acids is 3. The molecule has 0 aromatic heterocycles. The van der Waals surface area contributed by atoms with Crippen molar-refractivity contribution in [3.63, 3.8) is 0 Å². The summed E-state index contributed by atoms with van der Waals surface area (Å²) in [6.45, 7) is 3.69. The molecule has 8 N–H and O–H groups in total. The summed E-state index contributed by atoms with van der Waals surface area (Å²) in [7, 11) is 0. The van der Waals surface area contributed by atoms with Gasteiger partial charge in [0.1, 0.15) is 18.1 Å². The van der Waals surface area contributed by atoms with Crippen molar-refractivity contribution in [1.82, 2.24) is 16.0 Å². The van der Waals surface area contributed by atoms with Crippen LogP contribution < -0.4 is 27.4 Å². The van der Waals surface area contributed by atoms with Crippen molar-refractivity contribution in [1.29, 1.82) is 0 Å². The fourth-order valence-electron chi connectivity index (χ4n) is 2.42. The highest BCUT2D eigenvalue weighted by molar-refractivity contribution is 7.80. The molecule has 0 bridgehead atoms. The maximum absolute atomic E-state index is 12.7. The van der Waals surface area contributed by atoms with Crippen LogP contribution in [-0.2, 0) is 19.2 Å². The lowest BCUT2D eigenvalue weighted by Crippen LogP contribution is -2.57. The predicted molar refractivity (Wildman–Crippen MR) is 109 cm³/mol. The Morgan fingerprint density at radius 3 is 2.07 bits per heavy atom. The summed E-state index contributed by atoms with van der Waals surface area (Å²) in [5, 5.41) is 16.8. The van der Waals surface area contributed by atoms with E-state index in [-0.39, 0.29) is 24.6 Å². The van der Waals surface area contributed by atoms with Crippen molar-refractivity contribution < 1.29 is 24.3 Å². The molecule has 0 saturated heterocycles. The maximum Gasteiger partial charge on any atom is 0.326 e. The number of rotatable bonds is 14. The zero-order valence-electron chi connectivity index (χ0n) is 16.4. The molecule has 3 amide bonds. The Hall–Kier alpha value is -1.85. The molecular formula is C17H33N5O5S. The Bertz CT molecular complexity index is 534. The molecule has 0 saturated carbocycles. The third kappa shape index (κ3) is 9.38. The van der Waals surface area contributed by atoms with Crippen LogP contribution in [-0.4, -0.2) is 65.8 Å². The van der Waals surface area contributed by atoms with Crippen molar-refractivity contribution in [2.75, 3.05) is 18.8 Å². The molecule has 0 fully saturated rings. The third-order valence-corrected chi connectivity index (χ3v) is 4.74. The highest BCUT2D eigenvalue weighted by Gasteiger charge is 2.30. The fourth-order valence-corrected chi connectivity index (χ4v) is 2.68. The van der Waals surface area contributed by atoms with Crippen LogP contribution in [0.4, 0.5) is 0 Å². The van der Waals surface area contributed by atoms with Gasteiger partial charge < -0.3 is 32.5 Å². The molecule has 28 heavy (non-hydrogen) atoms. The molecule has 162 valence electrons. The number of amides is 3. The summed E-state index contributed by atoms with van der Waals surface area (Å²) in [6.07, 6.45) is 2.06. The molecule has 0 rings (SSSR count). The van der Waals surface area contributed by atoms with Gasteiger partial charge >= 0.3 is 5.97 Å². The van der Waals surface area contributed by atoms with E-state index in [1.807, 2.05) is 6.92 Å². The minimum absolute atomic E-state index is 0.0132. The molecule has 0 aromatic carbocycles. The Kier molecular flexibility index (Phi) is 13.3. The average Bonchev–Trinajstić information content (AvgIpc) is 2.67. The number of hydrogen-bond donors (Lipinski definition) is 7. The number of aliphatic carboxylic acids is 1. The number of hydrogen-bond acceptors (Lipinski definition) is 7. The van der Waals surface area contributed by atoms with E-state index < -0.39 is 41.8 Å². The highest BCUT2D eigenvalue weighted by Crippen LogP contribution is 2.10. The second-order valence-electron chi connectivity index (χ2n) is 6.56. The van der Waals surface area contributed by atoms with Crippen molar-refractivity contribution in [2.24, 2.45) is 17.4 Å². The normalized spacial score (nSPS) is 15.0. The molecule has 10 nitrogen and oxygen atoms in total. The Labute approximate surface area is 171 Å². The van der Waals surface area contributed by atoms with E-state index in [0.717, 1.165) is 0 Å². The lowest BCUT2D eigenvalue weighted by Gasteiger charge is -2.25. The van der Waals surface area contributed by atoms with Crippen molar-refractivity contribution in [3.05, 3.63) is 0 Å². The van der Waals surface area contributed by atoms with E-state index in [4.69, 9.17) is 11.5 Å². The molecule has 0 aliphatic heterocycles. The van der Waals surface area contributed by atoms with Crippen LogP contribution in [0.15, 0.2) is 0 Å². The van der Waals surface area contributed by atoms with Gasteiger partial charge in [0, 0.05) is 5.75 Å². The molecule has 0 spiro atoms. The molecule has 0 aromatic rings. The molecular weight excluding hydrogens is 386 g/mol. The first-order valence-corrected chi connectivity index (χ1v) is 9.98. The SMILES string of the molecule is CCC(C)C(NC(=O)C(CCCCN)NC(=O)C(CS)NC(=O)CN)C(=O)O.